The molecule has 1 aromatic carbocycles. The molecule has 2 nitrogen and oxygen atoms in total. The highest BCUT2D eigenvalue weighted by Crippen LogP contribution is 2.16. The van der Waals surface area contributed by atoms with Crippen LogP contribution in [0.1, 0.15) is 17.2 Å². The molecule has 0 bridgehead atoms. The van der Waals surface area contributed by atoms with E-state index in [0.29, 0.717) is 6.04 Å². The average molecular weight is 212 g/mol. The SMILES string of the molecule is CNC(Cc1ccccc1)c1cccnc1. The molecule has 1 N–H and O–H groups in total. The molecule has 2 rings (SSSR count). The van der Waals surface area contributed by atoms with Crippen LogP contribution < -0.4 is 5.32 Å². The van der Waals surface area contributed by atoms with Crippen molar-refractivity contribution in [3.05, 3.63) is 66.0 Å². The van der Waals surface area contributed by atoms with Gasteiger partial charge in [0.2, 0.25) is 0 Å². The summed E-state index contributed by atoms with van der Waals surface area (Å²) in [5.74, 6) is 0. The largest absolute Gasteiger partial charge is 0.313 e. The van der Waals surface area contributed by atoms with Crippen molar-refractivity contribution in [2.75, 3.05) is 7.05 Å². The van der Waals surface area contributed by atoms with Gasteiger partial charge in [-0.05, 0) is 30.7 Å². The minimum Gasteiger partial charge on any atom is -0.313 e. The molecule has 1 aromatic heterocycles. The van der Waals surface area contributed by atoms with Crippen LogP contribution in [0.2, 0.25) is 0 Å². The lowest BCUT2D eigenvalue weighted by Crippen LogP contribution is -2.18. The zero-order valence-corrected chi connectivity index (χ0v) is 9.43. The summed E-state index contributed by atoms with van der Waals surface area (Å²) in [6.45, 7) is 0. The number of hydrogen-bond donors (Lipinski definition) is 1. The Hall–Kier alpha value is -1.67. The fourth-order valence-corrected chi connectivity index (χ4v) is 1.82. The zero-order valence-electron chi connectivity index (χ0n) is 9.43. The Labute approximate surface area is 96.4 Å². The molecule has 1 atom stereocenters. The van der Waals surface area contributed by atoms with Gasteiger partial charge in [0.05, 0.1) is 0 Å². The predicted octanol–water partition coefficient (Wildman–Crippen LogP) is 2.58. The summed E-state index contributed by atoms with van der Waals surface area (Å²) in [6.07, 6.45) is 4.71. The molecule has 0 saturated heterocycles. The molecule has 0 saturated carbocycles. The van der Waals surface area contributed by atoms with Crippen molar-refractivity contribution in [3.63, 3.8) is 0 Å². The second-order valence-corrected chi connectivity index (χ2v) is 3.82. The highest BCUT2D eigenvalue weighted by Gasteiger charge is 2.09. The number of nitrogens with zero attached hydrogens (tertiary/aromatic N) is 1. The molecular weight excluding hydrogens is 196 g/mol. The van der Waals surface area contributed by atoms with Crippen LogP contribution in [-0.4, -0.2) is 12.0 Å². The molecule has 2 heteroatoms. The third-order valence-corrected chi connectivity index (χ3v) is 2.72. The number of rotatable bonds is 4. The van der Waals surface area contributed by atoms with E-state index < -0.39 is 0 Å². The lowest BCUT2D eigenvalue weighted by atomic mass is 10.0. The second-order valence-electron chi connectivity index (χ2n) is 3.82. The van der Waals surface area contributed by atoms with Gasteiger partial charge in [0.25, 0.3) is 0 Å². The van der Waals surface area contributed by atoms with E-state index >= 15 is 0 Å². The van der Waals surface area contributed by atoms with Gasteiger partial charge in [-0.3, -0.25) is 4.98 Å². The Kier molecular flexibility index (Phi) is 3.67. The molecule has 0 aliphatic carbocycles. The van der Waals surface area contributed by atoms with Gasteiger partial charge < -0.3 is 5.32 Å². The first-order valence-corrected chi connectivity index (χ1v) is 5.51. The smallest absolute Gasteiger partial charge is 0.0373 e. The van der Waals surface area contributed by atoms with Crippen LogP contribution in [-0.2, 0) is 6.42 Å². The molecule has 0 aliphatic rings. The Bertz CT molecular complexity index is 411. The van der Waals surface area contributed by atoms with Crippen molar-refractivity contribution in [2.24, 2.45) is 0 Å². The minimum atomic E-state index is 0.330. The van der Waals surface area contributed by atoms with E-state index in [1.807, 2.05) is 25.4 Å². The van der Waals surface area contributed by atoms with Crippen LogP contribution in [0.4, 0.5) is 0 Å². The highest BCUT2D eigenvalue weighted by molar-refractivity contribution is 5.21. The fourth-order valence-electron chi connectivity index (χ4n) is 1.82. The molecule has 0 radical (unpaired) electrons. The van der Waals surface area contributed by atoms with E-state index in [9.17, 15) is 0 Å². The van der Waals surface area contributed by atoms with E-state index in [4.69, 9.17) is 0 Å². The van der Waals surface area contributed by atoms with Crippen LogP contribution in [0.25, 0.3) is 0 Å². The van der Waals surface area contributed by atoms with Gasteiger partial charge in [-0.2, -0.15) is 0 Å². The Morgan fingerprint density at radius 2 is 1.94 bits per heavy atom. The summed E-state index contributed by atoms with van der Waals surface area (Å²) in [4.78, 5) is 4.16. The van der Waals surface area contributed by atoms with Crippen molar-refractivity contribution >= 4 is 0 Å². The Morgan fingerprint density at radius 3 is 2.56 bits per heavy atom. The van der Waals surface area contributed by atoms with Crippen LogP contribution in [0, 0.1) is 0 Å². The molecular formula is C14H16N2. The first kappa shape index (κ1) is 10.8. The van der Waals surface area contributed by atoms with E-state index in [1.165, 1.54) is 11.1 Å². The van der Waals surface area contributed by atoms with Crippen molar-refractivity contribution < 1.29 is 0 Å². The highest BCUT2D eigenvalue weighted by atomic mass is 14.9. The van der Waals surface area contributed by atoms with Gasteiger partial charge in [-0.25, -0.2) is 0 Å². The summed E-state index contributed by atoms with van der Waals surface area (Å²) in [6, 6.07) is 14.9. The van der Waals surface area contributed by atoms with Crippen LogP contribution >= 0.6 is 0 Å². The van der Waals surface area contributed by atoms with E-state index in [1.54, 1.807) is 6.20 Å². The lowest BCUT2D eigenvalue weighted by Gasteiger charge is -2.16. The molecule has 0 fully saturated rings. The third kappa shape index (κ3) is 2.67. The van der Waals surface area contributed by atoms with Crippen LogP contribution in [0.3, 0.4) is 0 Å². The molecule has 0 aliphatic heterocycles. The fraction of sp³-hybridized carbons (Fsp3) is 0.214. The van der Waals surface area contributed by atoms with Gasteiger partial charge in [0.15, 0.2) is 0 Å². The monoisotopic (exact) mass is 212 g/mol. The first-order valence-electron chi connectivity index (χ1n) is 5.51. The molecule has 0 spiro atoms. The van der Waals surface area contributed by atoms with E-state index in [-0.39, 0.29) is 0 Å². The average Bonchev–Trinajstić information content (AvgIpc) is 2.38. The number of nitrogens with one attached hydrogen (secondary N) is 1. The molecule has 2 aromatic rings. The first-order chi connectivity index (χ1) is 7.90. The summed E-state index contributed by atoms with van der Waals surface area (Å²) in [7, 11) is 1.99. The van der Waals surface area contributed by atoms with Gasteiger partial charge in [0.1, 0.15) is 0 Å². The maximum absolute atomic E-state index is 4.16. The number of benzene rings is 1. The zero-order chi connectivity index (χ0) is 11.2. The predicted molar refractivity (Wildman–Crippen MR) is 66.2 cm³/mol. The normalized spacial score (nSPS) is 12.3. The summed E-state index contributed by atoms with van der Waals surface area (Å²) < 4.78 is 0. The lowest BCUT2D eigenvalue weighted by molar-refractivity contribution is 0.590. The second kappa shape index (κ2) is 5.42. The maximum atomic E-state index is 4.16. The summed E-state index contributed by atoms with van der Waals surface area (Å²) in [5.41, 5.74) is 2.57. The van der Waals surface area contributed by atoms with Gasteiger partial charge in [-0.1, -0.05) is 36.4 Å². The molecule has 16 heavy (non-hydrogen) atoms. The number of pyridine rings is 1. The Morgan fingerprint density at radius 1 is 1.12 bits per heavy atom. The molecule has 1 unspecified atom stereocenters. The van der Waals surface area contributed by atoms with Gasteiger partial charge in [-0.15, -0.1) is 0 Å². The minimum absolute atomic E-state index is 0.330. The third-order valence-electron chi connectivity index (χ3n) is 2.72. The van der Waals surface area contributed by atoms with E-state index in [0.717, 1.165) is 6.42 Å². The summed E-state index contributed by atoms with van der Waals surface area (Å²) in [5, 5.41) is 3.33. The number of hydrogen-bond acceptors (Lipinski definition) is 2. The Balaban J connectivity index is 2.13. The number of aromatic nitrogens is 1. The van der Waals surface area contributed by atoms with Crippen molar-refractivity contribution in [2.45, 2.75) is 12.5 Å². The number of likely N-dealkylation sites (N-methyl/N-ethyl adjacent to an activating group) is 1. The van der Waals surface area contributed by atoms with Gasteiger partial charge >= 0.3 is 0 Å². The molecule has 82 valence electrons. The van der Waals surface area contributed by atoms with Gasteiger partial charge in [0, 0.05) is 18.4 Å². The summed E-state index contributed by atoms with van der Waals surface area (Å²) >= 11 is 0. The van der Waals surface area contributed by atoms with Crippen molar-refractivity contribution in [1.29, 1.82) is 0 Å². The molecule has 1 heterocycles. The quantitative estimate of drug-likeness (QED) is 0.842. The van der Waals surface area contributed by atoms with Crippen molar-refractivity contribution in [3.8, 4) is 0 Å². The van der Waals surface area contributed by atoms with Crippen LogP contribution in [0.15, 0.2) is 54.9 Å². The maximum Gasteiger partial charge on any atom is 0.0373 e. The topological polar surface area (TPSA) is 24.9 Å². The molecule has 0 amide bonds. The van der Waals surface area contributed by atoms with Crippen molar-refractivity contribution in [1.82, 2.24) is 10.3 Å². The van der Waals surface area contributed by atoms with Crippen LogP contribution in [0.5, 0.6) is 0 Å². The van der Waals surface area contributed by atoms with E-state index in [2.05, 4.69) is 40.6 Å². The standard InChI is InChI=1S/C14H16N2/c1-15-14(13-8-5-9-16-11-13)10-12-6-3-2-4-7-12/h2-9,11,14-15H,10H2,1H3.